The summed E-state index contributed by atoms with van der Waals surface area (Å²) < 4.78 is 14.6. The number of nitrogens with one attached hydrogen (secondary N) is 1. The van der Waals surface area contributed by atoms with Crippen LogP contribution in [0.5, 0.6) is 0 Å². The molecule has 1 aromatic heterocycles. The molecule has 0 aliphatic carbocycles. The number of benzene rings is 1. The van der Waals surface area contributed by atoms with Crippen molar-refractivity contribution in [3.8, 4) is 0 Å². The molecule has 1 amide bonds. The summed E-state index contributed by atoms with van der Waals surface area (Å²) in [5.74, 6) is 0.359. The third kappa shape index (κ3) is 2.94. The van der Waals surface area contributed by atoms with E-state index in [4.69, 9.17) is 0 Å². The fourth-order valence-electron chi connectivity index (χ4n) is 1.63. The third-order valence-corrected chi connectivity index (χ3v) is 2.66. The highest BCUT2D eigenvalue weighted by atomic mass is 19.1. The van der Waals surface area contributed by atoms with Crippen LogP contribution in [0.15, 0.2) is 36.7 Å². The highest BCUT2D eigenvalue weighted by Gasteiger charge is 2.05. The van der Waals surface area contributed by atoms with E-state index in [0.29, 0.717) is 18.5 Å². The van der Waals surface area contributed by atoms with E-state index in [-0.39, 0.29) is 11.7 Å². The van der Waals surface area contributed by atoms with Crippen LogP contribution < -0.4 is 5.32 Å². The van der Waals surface area contributed by atoms with Crippen molar-refractivity contribution >= 4 is 5.91 Å². The maximum atomic E-state index is 12.7. The van der Waals surface area contributed by atoms with Gasteiger partial charge in [-0.2, -0.15) is 0 Å². The van der Waals surface area contributed by atoms with Crippen molar-refractivity contribution in [3.05, 3.63) is 53.9 Å². The van der Waals surface area contributed by atoms with Gasteiger partial charge < -0.3 is 9.88 Å². The Morgan fingerprint density at radius 2 is 2.11 bits per heavy atom. The Morgan fingerprint density at radius 3 is 2.72 bits per heavy atom. The molecule has 0 fully saturated rings. The molecule has 0 spiro atoms. The first-order chi connectivity index (χ1) is 8.66. The lowest BCUT2D eigenvalue weighted by atomic mass is 10.2. The molecule has 0 saturated heterocycles. The first-order valence-electron chi connectivity index (χ1n) is 5.67. The number of nitrogens with zero attached hydrogens (tertiary/aromatic N) is 2. The van der Waals surface area contributed by atoms with Gasteiger partial charge in [0, 0.05) is 38.0 Å². The number of imidazole rings is 1. The number of carbonyl (C=O) groups is 1. The summed E-state index contributed by atoms with van der Waals surface area (Å²) >= 11 is 0. The van der Waals surface area contributed by atoms with Gasteiger partial charge in [-0.15, -0.1) is 0 Å². The molecule has 2 rings (SSSR count). The second-order valence-electron chi connectivity index (χ2n) is 3.97. The van der Waals surface area contributed by atoms with Crippen LogP contribution in [0, 0.1) is 5.82 Å². The first kappa shape index (κ1) is 12.3. The SMILES string of the molecule is Cn1ccnc1CCNC(=O)c1ccc(F)cc1. The fraction of sp³-hybridized carbons (Fsp3) is 0.231. The van der Waals surface area contributed by atoms with Crippen molar-refractivity contribution in [2.45, 2.75) is 6.42 Å². The number of rotatable bonds is 4. The second kappa shape index (κ2) is 5.44. The van der Waals surface area contributed by atoms with Crippen LogP contribution in [0.3, 0.4) is 0 Å². The predicted octanol–water partition coefficient (Wildman–Crippen LogP) is 1.53. The van der Waals surface area contributed by atoms with Gasteiger partial charge in [-0.25, -0.2) is 9.37 Å². The maximum absolute atomic E-state index is 12.7. The molecule has 1 heterocycles. The molecule has 0 aliphatic heterocycles. The van der Waals surface area contributed by atoms with E-state index in [1.54, 1.807) is 6.20 Å². The van der Waals surface area contributed by atoms with E-state index >= 15 is 0 Å². The summed E-state index contributed by atoms with van der Waals surface area (Å²) in [5.41, 5.74) is 0.455. The normalized spacial score (nSPS) is 10.3. The minimum absolute atomic E-state index is 0.204. The summed E-state index contributed by atoms with van der Waals surface area (Å²) in [7, 11) is 1.91. The lowest BCUT2D eigenvalue weighted by Crippen LogP contribution is -2.26. The van der Waals surface area contributed by atoms with Crippen molar-refractivity contribution in [1.82, 2.24) is 14.9 Å². The molecule has 94 valence electrons. The molecule has 4 nitrogen and oxygen atoms in total. The summed E-state index contributed by atoms with van der Waals surface area (Å²) in [6.45, 7) is 0.501. The van der Waals surface area contributed by atoms with Crippen LogP contribution in [0.1, 0.15) is 16.2 Å². The topological polar surface area (TPSA) is 46.9 Å². The van der Waals surface area contributed by atoms with Gasteiger partial charge in [0.1, 0.15) is 11.6 Å². The molecule has 0 saturated carbocycles. The molecule has 0 unspecified atom stereocenters. The Balaban J connectivity index is 1.85. The first-order valence-corrected chi connectivity index (χ1v) is 5.67. The third-order valence-electron chi connectivity index (χ3n) is 2.66. The molecule has 18 heavy (non-hydrogen) atoms. The molecule has 1 aromatic carbocycles. The summed E-state index contributed by atoms with van der Waals surface area (Å²) in [6.07, 6.45) is 4.24. The van der Waals surface area contributed by atoms with Gasteiger partial charge in [0.05, 0.1) is 0 Å². The van der Waals surface area contributed by atoms with Crippen LogP contribution in [0.4, 0.5) is 4.39 Å². The predicted molar refractivity (Wildman–Crippen MR) is 65.6 cm³/mol. The molecule has 2 aromatic rings. The van der Waals surface area contributed by atoms with Gasteiger partial charge in [-0.3, -0.25) is 4.79 Å². The Bertz CT molecular complexity index is 533. The van der Waals surface area contributed by atoms with Gasteiger partial charge >= 0.3 is 0 Å². The standard InChI is InChI=1S/C13H14FN3O/c1-17-9-8-15-12(17)6-7-16-13(18)10-2-4-11(14)5-3-10/h2-5,8-9H,6-7H2,1H3,(H,16,18). The number of carbonyl (C=O) groups excluding carboxylic acids is 1. The van der Waals surface area contributed by atoms with E-state index in [1.807, 2.05) is 17.8 Å². The van der Waals surface area contributed by atoms with E-state index in [9.17, 15) is 9.18 Å². The minimum Gasteiger partial charge on any atom is -0.352 e. The maximum Gasteiger partial charge on any atom is 0.251 e. The van der Waals surface area contributed by atoms with Crippen LogP contribution in [0.25, 0.3) is 0 Å². The Morgan fingerprint density at radius 1 is 1.39 bits per heavy atom. The molecule has 0 radical (unpaired) electrons. The molecule has 0 aliphatic rings. The summed E-state index contributed by atoms with van der Waals surface area (Å²) in [5, 5.41) is 2.77. The minimum atomic E-state index is -0.348. The van der Waals surface area contributed by atoms with E-state index in [1.165, 1.54) is 24.3 Å². The van der Waals surface area contributed by atoms with Gasteiger partial charge in [-0.1, -0.05) is 0 Å². The Hall–Kier alpha value is -2.17. The molecular weight excluding hydrogens is 233 g/mol. The average molecular weight is 247 g/mol. The Labute approximate surface area is 104 Å². The number of amides is 1. The van der Waals surface area contributed by atoms with E-state index in [2.05, 4.69) is 10.3 Å². The van der Waals surface area contributed by atoms with Gasteiger partial charge in [0.2, 0.25) is 0 Å². The highest BCUT2D eigenvalue weighted by molar-refractivity contribution is 5.94. The number of hydrogen-bond donors (Lipinski definition) is 1. The molecule has 5 heteroatoms. The van der Waals surface area contributed by atoms with Gasteiger partial charge in [0.15, 0.2) is 0 Å². The summed E-state index contributed by atoms with van der Waals surface area (Å²) in [6, 6.07) is 5.47. The Kier molecular flexibility index (Phi) is 3.72. The number of hydrogen-bond acceptors (Lipinski definition) is 2. The lowest BCUT2D eigenvalue weighted by molar-refractivity contribution is 0.0954. The van der Waals surface area contributed by atoms with Crippen LogP contribution in [-0.2, 0) is 13.5 Å². The van der Waals surface area contributed by atoms with Gasteiger partial charge in [-0.05, 0) is 24.3 Å². The molecule has 0 bridgehead atoms. The largest absolute Gasteiger partial charge is 0.352 e. The highest BCUT2D eigenvalue weighted by Crippen LogP contribution is 2.02. The van der Waals surface area contributed by atoms with Crippen molar-refractivity contribution in [2.75, 3.05) is 6.54 Å². The van der Waals surface area contributed by atoms with Crippen LogP contribution in [0.2, 0.25) is 0 Å². The number of aryl methyl sites for hydroxylation is 1. The second-order valence-corrected chi connectivity index (χ2v) is 3.97. The van der Waals surface area contributed by atoms with Crippen molar-refractivity contribution in [3.63, 3.8) is 0 Å². The lowest BCUT2D eigenvalue weighted by Gasteiger charge is -2.05. The summed E-state index contributed by atoms with van der Waals surface area (Å²) in [4.78, 5) is 15.9. The molecule has 0 atom stereocenters. The zero-order chi connectivity index (χ0) is 13.0. The van der Waals surface area contributed by atoms with E-state index < -0.39 is 0 Å². The van der Waals surface area contributed by atoms with E-state index in [0.717, 1.165) is 5.82 Å². The molecule has 1 N–H and O–H groups in total. The quantitative estimate of drug-likeness (QED) is 0.890. The number of halogens is 1. The van der Waals surface area contributed by atoms with Crippen molar-refractivity contribution in [1.29, 1.82) is 0 Å². The van der Waals surface area contributed by atoms with Crippen molar-refractivity contribution < 1.29 is 9.18 Å². The fourth-order valence-corrected chi connectivity index (χ4v) is 1.63. The number of aromatic nitrogens is 2. The molecular formula is C13H14FN3O. The van der Waals surface area contributed by atoms with Gasteiger partial charge in [0.25, 0.3) is 5.91 Å². The smallest absolute Gasteiger partial charge is 0.251 e. The van der Waals surface area contributed by atoms with Crippen molar-refractivity contribution in [2.24, 2.45) is 7.05 Å². The average Bonchev–Trinajstić information content (AvgIpc) is 2.76. The zero-order valence-corrected chi connectivity index (χ0v) is 10.1. The monoisotopic (exact) mass is 247 g/mol. The zero-order valence-electron chi connectivity index (χ0n) is 10.1. The van der Waals surface area contributed by atoms with Crippen LogP contribution in [-0.4, -0.2) is 22.0 Å². The van der Waals surface area contributed by atoms with Crippen LogP contribution >= 0.6 is 0 Å².